The summed E-state index contributed by atoms with van der Waals surface area (Å²) in [5.41, 5.74) is 10.3. The molecule has 1 amide bonds. The van der Waals surface area contributed by atoms with Crippen molar-refractivity contribution in [1.29, 1.82) is 0 Å². The number of carbonyl (C=O) groups is 2. The van der Waals surface area contributed by atoms with Gasteiger partial charge in [-0.3, -0.25) is 4.79 Å². The molecule has 0 aromatic rings. The number of nitrogens with one attached hydrogen (secondary N) is 1. The van der Waals surface area contributed by atoms with Gasteiger partial charge in [0.25, 0.3) is 0 Å². The van der Waals surface area contributed by atoms with Crippen LogP contribution < -0.4 is 11.1 Å². The second-order valence-electron chi connectivity index (χ2n) is 30.3. The minimum absolute atomic E-state index is 0.0542. The molecule has 72 heavy (non-hydrogen) atoms. The first-order valence-corrected chi connectivity index (χ1v) is 29.7. The summed E-state index contributed by atoms with van der Waals surface area (Å²) in [6, 6.07) is 0.415. The average molecular weight is 1000 g/mol. The van der Waals surface area contributed by atoms with Gasteiger partial charge in [0.15, 0.2) is 0 Å². The van der Waals surface area contributed by atoms with Gasteiger partial charge in [-0.1, -0.05) is 92.5 Å². The van der Waals surface area contributed by atoms with Crippen molar-refractivity contribution in [3.05, 3.63) is 23.3 Å². The Morgan fingerprint density at radius 2 is 0.972 bits per heavy atom. The van der Waals surface area contributed by atoms with Crippen molar-refractivity contribution in [2.45, 2.75) is 262 Å². The van der Waals surface area contributed by atoms with E-state index in [1.54, 1.807) is 0 Å². The fraction of sp³-hybridized carbons (Fsp3) is 0.906. The second kappa shape index (κ2) is 20.2. The lowest BCUT2D eigenvalue weighted by Crippen LogP contribution is -2.65. The van der Waals surface area contributed by atoms with Crippen molar-refractivity contribution in [3.8, 4) is 0 Å². The van der Waals surface area contributed by atoms with Crippen molar-refractivity contribution in [3.63, 3.8) is 0 Å². The number of ether oxygens (including phenoxy) is 1. The van der Waals surface area contributed by atoms with Crippen molar-refractivity contribution in [1.82, 2.24) is 5.32 Å². The minimum atomic E-state index is -1.06. The molecule has 0 heterocycles. The molecule has 8 aliphatic carbocycles. The lowest BCUT2D eigenvalue weighted by molar-refractivity contribution is -0.212. The number of hydrogen-bond acceptors (Lipinski definition) is 6. The first-order chi connectivity index (χ1) is 33.2. The molecular weight excluding hydrogens is 893 g/mol. The van der Waals surface area contributed by atoms with E-state index in [9.17, 15) is 19.8 Å². The summed E-state index contributed by atoms with van der Waals surface area (Å²) in [7, 11) is 0. The van der Waals surface area contributed by atoms with Crippen molar-refractivity contribution < 1.29 is 29.6 Å². The number of amides is 1. The van der Waals surface area contributed by atoms with Crippen LogP contribution in [0, 0.1) is 90.7 Å². The van der Waals surface area contributed by atoms with Gasteiger partial charge in [-0.15, -0.1) is 0 Å². The molecule has 0 aromatic heterocycles. The summed E-state index contributed by atoms with van der Waals surface area (Å²) in [5.74, 6) is 3.51. The monoisotopic (exact) mass is 1000 g/mol. The predicted molar refractivity (Wildman–Crippen MR) is 295 cm³/mol. The van der Waals surface area contributed by atoms with Crippen molar-refractivity contribution in [2.75, 3.05) is 13.2 Å². The zero-order chi connectivity index (χ0) is 53.5. The third-order valence-electron chi connectivity index (χ3n) is 25.7. The number of nitrogens with two attached hydrogens (primary N) is 1. The van der Waals surface area contributed by atoms with Gasteiger partial charge >= 0.3 is 5.97 Å². The molecular formula is C64H110N2O6. The standard InChI is InChI=1S/C34H57NO5.C30H53NO/c1-22(2)10-9-16-34(8,39)24-13-18-32(6)23(24)11-12-26-31(5)17-15-27(35-28(36)20-40-21-29(37)38)30(3,4)25(31)14-19-33(26,32)7;1-20(2)10-9-16-30(8,32)22-13-18-28(6)21(22)11-12-24-27(5)17-15-25(31)26(3,4)23(27)14-19-29(24,28)7/h10,23-27,39H,9,11-21H2,1-8H3,(H,35,36)(H,37,38);10,21-25,32H,9,11-19,31H2,1-8H3/t23?,24?,25?,26?,27?,31-,32+,33+,34?;21?,22?,23?,24?,25?,27-,28+,29+,30?/m00/s1. The zero-order valence-corrected chi connectivity index (χ0v) is 49.1. The van der Waals surface area contributed by atoms with Crippen LogP contribution in [0.25, 0.3) is 0 Å². The van der Waals surface area contributed by atoms with E-state index in [2.05, 4.69) is 128 Å². The van der Waals surface area contributed by atoms with Gasteiger partial charge < -0.3 is 31.1 Å². The van der Waals surface area contributed by atoms with E-state index >= 15 is 0 Å². The fourth-order valence-electron chi connectivity index (χ4n) is 21.4. The summed E-state index contributed by atoms with van der Waals surface area (Å²) >= 11 is 0. The number of rotatable bonds is 13. The average Bonchev–Trinajstić information content (AvgIpc) is 3.82. The van der Waals surface area contributed by atoms with Crippen molar-refractivity contribution in [2.24, 2.45) is 96.4 Å². The Balaban J connectivity index is 0.000000216. The lowest BCUT2D eigenvalue weighted by atomic mass is 9.35. The summed E-state index contributed by atoms with van der Waals surface area (Å²) < 4.78 is 5.06. The van der Waals surface area contributed by atoms with Gasteiger partial charge in [0.2, 0.25) is 5.91 Å². The third kappa shape index (κ3) is 9.72. The Kier molecular flexibility index (Phi) is 16.3. The molecule has 12 unspecified atom stereocenters. The number of fused-ring (bicyclic) bond motifs is 10. The van der Waals surface area contributed by atoms with Crippen LogP contribution in [-0.2, 0) is 14.3 Å². The maximum absolute atomic E-state index is 12.6. The van der Waals surface area contributed by atoms with Crippen LogP contribution in [0.2, 0.25) is 0 Å². The number of aliphatic hydroxyl groups is 2. The van der Waals surface area contributed by atoms with Gasteiger partial charge in [-0.25, -0.2) is 4.79 Å². The van der Waals surface area contributed by atoms with Crippen LogP contribution in [0.1, 0.15) is 239 Å². The summed E-state index contributed by atoms with van der Waals surface area (Å²) in [6.07, 6.45) is 27.9. The van der Waals surface area contributed by atoms with E-state index in [1.165, 1.54) is 94.6 Å². The van der Waals surface area contributed by atoms with Gasteiger partial charge in [-0.2, -0.15) is 0 Å². The summed E-state index contributed by atoms with van der Waals surface area (Å²) in [6.45, 7) is 37.5. The highest BCUT2D eigenvalue weighted by atomic mass is 16.5. The number of aliphatic carboxylic acids is 1. The van der Waals surface area contributed by atoms with Crippen LogP contribution in [0.5, 0.6) is 0 Å². The molecule has 0 saturated heterocycles. The van der Waals surface area contributed by atoms with Crippen LogP contribution >= 0.6 is 0 Å². The van der Waals surface area contributed by atoms with Gasteiger partial charge in [0, 0.05) is 12.1 Å². The normalized spacial score (nSPS) is 45.0. The molecule has 0 radical (unpaired) electrons. The van der Waals surface area contributed by atoms with E-state index in [-0.39, 0.29) is 45.6 Å². The number of carboxylic acids is 1. The summed E-state index contributed by atoms with van der Waals surface area (Å²) in [4.78, 5) is 23.4. The Morgan fingerprint density at radius 3 is 1.40 bits per heavy atom. The molecule has 8 nitrogen and oxygen atoms in total. The molecule has 412 valence electrons. The number of carboxylic acid groups (broad SMARTS) is 1. The molecule has 0 bridgehead atoms. The number of hydrogen-bond donors (Lipinski definition) is 5. The molecule has 8 fully saturated rings. The van der Waals surface area contributed by atoms with Gasteiger partial charge in [-0.05, 0) is 261 Å². The smallest absolute Gasteiger partial charge is 0.329 e. The van der Waals surface area contributed by atoms with E-state index in [0.717, 1.165) is 56.8 Å². The molecule has 8 saturated carbocycles. The lowest BCUT2D eigenvalue weighted by Gasteiger charge is -2.70. The zero-order valence-electron chi connectivity index (χ0n) is 49.1. The Bertz CT molecular complexity index is 2030. The highest BCUT2D eigenvalue weighted by molar-refractivity contribution is 5.78. The maximum atomic E-state index is 12.6. The van der Waals surface area contributed by atoms with E-state index in [0.29, 0.717) is 57.8 Å². The molecule has 0 aliphatic heterocycles. The first-order valence-electron chi connectivity index (χ1n) is 29.7. The molecule has 18 atom stereocenters. The van der Waals surface area contributed by atoms with Gasteiger partial charge in [0.05, 0.1) is 11.2 Å². The Hall–Kier alpha value is -1.74. The Morgan fingerprint density at radius 1 is 0.556 bits per heavy atom. The molecule has 8 aliphatic rings. The largest absolute Gasteiger partial charge is 0.480 e. The van der Waals surface area contributed by atoms with Crippen molar-refractivity contribution >= 4 is 11.9 Å². The highest BCUT2D eigenvalue weighted by Gasteiger charge is 2.71. The summed E-state index contributed by atoms with van der Waals surface area (Å²) in [5, 5.41) is 35.4. The number of carbonyl (C=O) groups excluding carboxylic acids is 1. The van der Waals surface area contributed by atoms with Crippen LogP contribution in [0.4, 0.5) is 0 Å². The first kappa shape index (κ1) is 58.0. The minimum Gasteiger partial charge on any atom is -0.480 e. The molecule has 6 N–H and O–H groups in total. The maximum Gasteiger partial charge on any atom is 0.329 e. The predicted octanol–water partition coefficient (Wildman–Crippen LogP) is 14.3. The van der Waals surface area contributed by atoms with Crippen LogP contribution in [0.3, 0.4) is 0 Å². The van der Waals surface area contributed by atoms with E-state index in [1.807, 2.05) is 0 Å². The molecule has 8 rings (SSSR count). The topological polar surface area (TPSA) is 142 Å². The third-order valence-corrected chi connectivity index (χ3v) is 25.7. The van der Waals surface area contributed by atoms with Crippen LogP contribution in [0.15, 0.2) is 23.3 Å². The molecule has 8 heteroatoms. The fourth-order valence-corrected chi connectivity index (χ4v) is 21.4. The molecule has 0 spiro atoms. The Labute approximate surface area is 440 Å². The van der Waals surface area contributed by atoms with E-state index in [4.69, 9.17) is 15.6 Å². The highest BCUT2D eigenvalue weighted by Crippen LogP contribution is 2.77. The molecule has 0 aromatic carbocycles. The van der Waals surface area contributed by atoms with Crippen LogP contribution in [-0.4, -0.2) is 63.7 Å². The second-order valence-corrected chi connectivity index (χ2v) is 30.3. The number of allylic oxidation sites excluding steroid dienone is 4. The SMILES string of the molecule is CC(C)=CCCC(C)(O)C1CC[C@]2(C)C1CCC1[C@@]3(C)CCC(N)C(C)(C)C3CC[C@]12C.CC(C)=CCCC(C)(O)C1CC[C@]2(C)C1CCC1[C@@]3(C)CCC(NC(=O)COCC(=O)O)C(C)(C)C3CC[C@]12C. The van der Waals surface area contributed by atoms with Gasteiger partial charge in [0.1, 0.15) is 13.2 Å². The quantitative estimate of drug-likeness (QED) is 0.116. The van der Waals surface area contributed by atoms with E-state index < -0.39 is 23.8 Å².